The lowest BCUT2D eigenvalue weighted by Crippen LogP contribution is -2.21. The minimum absolute atomic E-state index is 0.328. The third-order valence-electron chi connectivity index (χ3n) is 2.74. The van der Waals surface area contributed by atoms with Gasteiger partial charge in [0.15, 0.2) is 0 Å². The number of aromatic nitrogens is 3. The van der Waals surface area contributed by atoms with Gasteiger partial charge in [0.05, 0.1) is 6.61 Å². The molecule has 0 radical (unpaired) electrons. The summed E-state index contributed by atoms with van der Waals surface area (Å²) in [7, 11) is 1.76. The highest BCUT2D eigenvalue weighted by atomic mass is 79.9. The molecule has 1 aromatic heterocycles. The topological polar surface area (TPSA) is 57.0 Å². The van der Waals surface area contributed by atoms with Crippen molar-refractivity contribution in [1.29, 1.82) is 0 Å². The van der Waals surface area contributed by atoms with Crippen LogP contribution in [0.1, 0.15) is 24.2 Å². The van der Waals surface area contributed by atoms with Crippen molar-refractivity contribution in [1.82, 2.24) is 14.8 Å². The van der Waals surface area contributed by atoms with Gasteiger partial charge in [-0.25, -0.2) is 4.98 Å². The second-order valence-electron chi connectivity index (χ2n) is 3.95. The quantitative estimate of drug-likeness (QED) is 0.810. The third kappa shape index (κ3) is 2.84. The molecule has 0 saturated heterocycles. The summed E-state index contributed by atoms with van der Waals surface area (Å²) < 4.78 is 7.58. The lowest BCUT2D eigenvalue weighted by molar-refractivity contribution is -0.144. The highest BCUT2D eigenvalue weighted by Gasteiger charge is 2.29. The number of aryl methyl sites for hydroxylation is 1. The van der Waals surface area contributed by atoms with Crippen LogP contribution in [0.5, 0.6) is 0 Å². The largest absolute Gasteiger partial charge is 0.465 e. The number of rotatable bonds is 4. The molecule has 0 aliphatic rings. The SMILES string of the molecule is CCOC(=O)C(c1ccccc1Br)c1ncnn1C. The number of hydrogen-bond acceptors (Lipinski definition) is 4. The van der Waals surface area contributed by atoms with Crippen molar-refractivity contribution in [3.8, 4) is 0 Å². The summed E-state index contributed by atoms with van der Waals surface area (Å²) in [5, 5.41) is 4.02. The molecule has 1 unspecified atom stereocenters. The molecule has 6 heteroatoms. The summed E-state index contributed by atoms with van der Waals surface area (Å²) in [6.07, 6.45) is 1.43. The first kappa shape index (κ1) is 13.7. The van der Waals surface area contributed by atoms with Gasteiger partial charge in [0, 0.05) is 11.5 Å². The molecule has 0 bridgehead atoms. The minimum Gasteiger partial charge on any atom is -0.465 e. The van der Waals surface area contributed by atoms with Crippen LogP contribution in [-0.4, -0.2) is 27.3 Å². The average Bonchev–Trinajstić information content (AvgIpc) is 2.79. The number of esters is 1. The number of hydrogen-bond donors (Lipinski definition) is 0. The van der Waals surface area contributed by atoms with Crippen LogP contribution in [-0.2, 0) is 16.6 Å². The van der Waals surface area contributed by atoms with Crippen LogP contribution in [0.15, 0.2) is 35.1 Å². The van der Waals surface area contributed by atoms with E-state index in [2.05, 4.69) is 26.0 Å². The maximum absolute atomic E-state index is 12.2. The molecule has 2 rings (SSSR count). The van der Waals surface area contributed by atoms with E-state index in [1.165, 1.54) is 6.33 Å². The molecular weight excluding hydrogens is 310 g/mol. The molecular formula is C13H14BrN3O2. The number of ether oxygens (including phenoxy) is 1. The first-order valence-electron chi connectivity index (χ1n) is 5.90. The van der Waals surface area contributed by atoms with Crippen molar-refractivity contribution >= 4 is 21.9 Å². The lowest BCUT2D eigenvalue weighted by Gasteiger charge is -2.16. The van der Waals surface area contributed by atoms with Crippen LogP contribution in [0.3, 0.4) is 0 Å². The molecule has 1 atom stereocenters. The van der Waals surface area contributed by atoms with Gasteiger partial charge in [0.25, 0.3) is 0 Å². The van der Waals surface area contributed by atoms with Gasteiger partial charge >= 0.3 is 5.97 Å². The fourth-order valence-electron chi connectivity index (χ4n) is 1.87. The molecule has 0 spiro atoms. The zero-order chi connectivity index (χ0) is 13.8. The van der Waals surface area contributed by atoms with Crippen molar-refractivity contribution < 1.29 is 9.53 Å². The molecule has 19 heavy (non-hydrogen) atoms. The molecule has 0 saturated carbocycles. The normalized spacial score (nSPS) is 12.2. The summed E-state index contributed by atoms with van der Waals surface area (Å²) in [4.78, 5) is 16.4. The van der Waals surface area contributed by atoms with Gasteiger partial charge in [-0.1, -0.05) is 34.1 Å². The molecule has 2 aromatic rings. The standard InChI is InChI=1S/C13H14BrN3O2/c1-3-19-13(18)11(12-15-8-16-17(12)2)9-6-4-5-7-10(9)14/h4-8,11H,3H2,1-2H3. The first-order valence-corrected chi connectivity index (χ1v) is 6.69. The smallest absolute Gasteiger partial charge is 0.321 e. The van der Waals surface area contributed by atoms with Crippen LogP contribution in [0, 0.1) is 0 Å². The van der Waals surface area contributed by atoms with Crippen LogP contribution in [0.4, 0.5) is 0 Å². The van der Waals surface area contributed by atoms with Gasteiger partial charge < -0.3 is 4.74 Å². The molecule has 0 fully saturated rings. The summed E-state index contributed by atoms with van der Waals surface area (Å²) in [6, 6.07) is 7.54. The predicted octanol–water partition coefficient (Wildman–Crippen LogP) is 2.27. The third-order valence-corrected chi connectivity index (χ3v) is 3.47. The fraction of sp³-hybridized carbons (Fsp3) is 0.308. The molecule has 0 aliphatic heterocycles. The number of benzene rings is 1. The minimum atomic E-state index is -0.581. The van der Waals surface area contributed by atoms with E-state index in [1.807, 2.05) is 24.3 Å². The Morgan fingerprint density at radius 1 is 1.47 bits per heavy atom. The van der Waals surface area contributed by atoms with Crippen molar-refractivity contribution in [2.75, 3.05) is 6.61 Å². The van der Waals surface area contributed by atoms with Gasteiger partial charge in [0.1, 0.15) is 18.1 Å². The number of nitrogens with zero attached hydrogens (tertiary/aromatic N) is 3. The van der Waals surface area contributed by atoms with Crippen molar-refractivity contribution in [2.45, 2.75) is 12.8 Å². The second kappa shape index (κ2) is 5.97. The number of halogens is 1. The molecule has 100 valence electrons. The molecule has 0 aliphatic carbocycles. The molecule has 0 N–H and O–H groups in total. The Morgan fingerprint density at radius 2 is 2.21 bits per heavy atom. The summed E-state index contributed by atoms with van der Waals surface area (Å²) >= 11 is 3.46. The summed E-state index contributed by atoms with van der Waals surface area (Å²) in [6.45, 7) is 2.11. The molecule has 0 amide bonds. The van der Waals surface area contributed by atoms with Crippen LogP contribution in [0.2, 0.25) is 0 Å². The van der Waals surface area contributed by atoms with Gasteiger partial charge in [-0.3, -0.25) is 9.48 Å². The van der Waals surface area contributed by atoms with E-state index in [0.29, 0.717) is 12.4 Å². The van der Waals surface area contributed by atoms with E-state index in [4.69, 9.17) is 4.74 Å². The zero-order valence-electron chi connectivity index (χ0n) is 10.7. The van der Waals surface area contributed by atoms with Gasteiger partial charge in [-0.05, 0) is 18.6 Å². The predicted molar refractivity (Wildman–Crippen MR) is 73.6 cm³/mol. The highest BCUT2D eigenvalue weighted by Crippen LogP contribution is 2.30. The first-order chi connectivity index (χ1) is 9.15. The van der Waals surface area contributed by atoms with E-state index < -0.39 is 5.92 Å². The van der Waals surface area contributed by atoms with E-state index in [1.54, 1.807) is 18.7 Å². The Balaban J connectivity index is 2.50. The fourth-order valence-corrected chi connectivity index (χ4v) is 2.39. The Bertz CT molecular complexity index is 583. The summed E-state index contributed by atoms with van der Waals surface area (Å²) in [5.41, 5.74) is 0.817. The maximum Gasteiger partial charge on any atom is 0.321 e. The van der Waals surface area contributed by atoms with Crippen LogP contribution in [0.25, 0.3) is 0 Å². The van der Waals surface area contributed by atoms with Crippen LogP contribution < -0.4 is 0 Å². The zero-order valence-corrected chi connectivity index (χ0v) is 12.3. The van der Waals surface area contributed by atoms with Gasteiger partial charge in [0.2, 0.25) is 0 Å². The monoisotopic (exact) mass is 323 g/mol. The van der Waals surface area contributed by atoms with Crippen molar-refractivity contribution in [3.05, 3.63) is 46.5 Å². The number of carbonyl (C=O) groups is 1. The Morgan fingerprint density at radius 3 is 2.79 bits per heavy atom. The summed E-state index contributed by atoms with van der Waals surface area (Å²) in [5.74, 6) is -0.348. The maximum atomic E-state index is 12.2. The number of carbonyl (C=O) groups excluding carboxylic acids is 1. The molecule has 1 aromatic carbocycles. The Labute approximate surface area is 119 Å². The lowest BCUT2D eigenvalue weighted by atomic mass is 9.98. The van der Waals surface area contributed by atoms with E-state index >= 15 is 0 Å². The molecule has 1 heterocycles. The van der Waals surface area contributed by atoms with Gasteiger partial charge in [-0.15, -0.1) is 0 Å². The van der Waals surface area contributed by atoms with E-state index in [9.17, 15) is 4.79 Å². The van der Waals surface area contributed by atoms with Crippen molar-refractivity contribution in [2.24, 2.45) is 7.05 Å². The van der Waals surface area contributed by atoms with Crippen molar-refractivity contribution in [3.63, 3.8) is 0 Å². The Kier molecular flexibility index (Phi) is 4.31. The van der Waals surface area contributed by atoms with E-state index in [0.717, 1.165) is 10.0 Å². The molecule has 5 nitrogen and oxygen atoms in total. The Hall–Kier alpha value is -1.69. The highest BCUT2D eigenvalue weighted by molar-refractivity contribution is 9.10. The second-order valence-corrected chi connectivity index (χ2v) is 4.80. The van der Waals surface area contributed by atoms with Gasteiger partial charge in [-0.2, -0.15) is 5.10 Å². The van der Waals surface area contributed by atoms with Crippen LogP contribution >= 0.6 is 15.9 Å². The van der Waals surface area contributed by atoms with E-state index in [-0.39, 0.29) is 5.97 Å². The average molecular weight is 324 g/mol.